The summed E-state index contributed by atoms with van der Waals surface area (Å²) in [5.41, 5.74) is 0.706. The first-order chi connectivity index (χ1) is 9.20. The highest BCUT2D eigenvalue weighted by Gasteiger charge is 2.16. The molecule has 1 unspecified atom stereocenters. The van der Waals surface area contributed by atoms with Crippen LogP contribution >= 0.6 is 11.6 Å². The van der Waals surface area contributed by atoms with Crippen LogP contribution in [0.2, 0.25) is 5.02 Å². The molecule has 0 spiro atoms. The molecule has 0 saturated heterocycles. The highest BCUT2D eigenvalue weighted by Crippen LogP contribution is 2.27. The Kier molecular flexibility index (Phi) is 8.08. The number of unbranched alkanes of at least 4 members (excludes halogenated alkanes) is 3. The van der Waals surface area contributed by atoms with Gasteiger partial charge in [-0.15, -0.1) is 0 Å². The van der Waals surface area contributed by atoms with E-state index in [0.717, 1.165) is 25.8 Å². The maximum atomic E-state index is 14.1. The lowest BCUT2D eigenvalue weighted by Crippen LogP contribution is -2.23. The second-order valence-electron chi connectivity index (χ2n) is 5.00. The molecule has 1 atom stereocenters. The van der Waals surface area contributed by atoms with Crippen molar-refractivity contribution in [1.82, 2.24) is 5.32 Å². The summed E-state index contributed by atoms with van der Waals surface area (Å²) in [6.45, 7) is 5.23. The maximum absolute atomic E-state index is 14.1. The van der Waals surface area contributed by atoms with Gasteiger partial charge < -0.3 is 5.32 Å². The summed E-state index contributed by atoms with van der Waals surface area (Å²) in [5, 5.41) is 3.65. The van der Waals surface area contributed by atoms with Crippen molar-refractivity contribution in [2.45, 2.75) is 58.4 Å². The van der Waals surface area contributed by atoms with Crippen molar-refractivity contribution >= 4 is 11.6 Å². The molecule has 1 aromatic rings. The first kappa shape index (κ1) is 16.5. The van der Waals surface area contributed by atoms with Crippen LogP contribution in [-0.2, 0) is 0 Å². The van der Waals surface area contributed by atoms with Crippen LogP contribution in [0.3, 0.4) is 0 Å². The molecule has 0 aliphatic carbocycles. The first-order valence-corrected chi connectivity index (χ1v) is 7.75. The molecule has 0 saturated carbocycles. The Hall–Kier alpha value is -0.600. The normalized spacial score (nSPS) is 12.6. The SMILES string of the molecule is CCCCCCC(NCCC)c1cccc(Cl)c1F. The maximum Gasteiger partial charge on any atom is 0.146 e. The van der Waals surface area contributed by atoms with Crippen molar-refractivity contribution < 1.29 is 4.39 Å². The molecule has 0 aromatic heterocycles. The van der Waals surface area contributed by atoms with Gasteiger partial charge in [0, 0.05) is 11.6 Å². The Morgan fingerprint density at radius 3 is 2.63 bits per heavy atom. The van der Waals surface area contributed by atoms with Crippen LogP contribution < -0.4 is 5.32 Å². The van der Waals surface area contributed by atoms with Gasteiger partial charge in [-0.05, 0) is 25.5 Å². The van der Waals surface area contributed by atoms with Crippen LogP contribution in [0.5, 0.6) is 0 Å². The predicted molar refractivity (Wildman–Crippen MR) is 81.2 cm³/mol. The zero-order chi connectivity index (χ0) is 14.1. The van der Waals surface area contributed by atoms with Crippen LogP contribution in [0, 0.1) is 5.82 Å². The van der Waals surface area contributed by atoms with Gasteiger partial charge in [-0.3, -0.25) is 0 Å². The number of hydrogen-bond donors (Lipinski definition) is 1. The molecule has 0 radical (unpaired) electrons. The Morgan fingerprint density at radius 1 is 1.16 bits per heavy atom. The zero-order valence-electron chi connectivity index (χ0n) is 12.0. The molecule has 19 heavy (non-hydrogen) atoms. The van der Waals surface area contributed by atoms with E-state index >= 15 is 0 Å². The van der Waals surface area contributed by atoms with Gasteiger partial charge >= 0.3 is 0 Å². The second-order valence-corrected chi connectivity index (χ2v) is 5.41. The number of nitrogens with one attached hydrogen (secondary N) is 1. The summed E-state index contributed by atoms with van der Waals surface area (Å²) in [4.78, 5) is 0. The van der Waals surface area contributed by atoms with E-state index in [1.807, 2.05) is 12.1 Å². The molecule has 0 aliphatic rings. The van der Waals surface area contributed by atoms with Gasteiger partial charge in [-0.1, -0.05) is 63.3 Å². The van der Waals surface area contributed by atoms with E-state index < -0.39 is 0 Å². The monoisotopic (exact) mass is 285 g/mol. The lowest BCUT2D eigenvalue weighted by molar-refractivity contribution is 0.451. The van der Waals surface area contributed by atoms with Crippen molar-refractivity contribution in [2.75, 3.05) is 6.54 Å². The van der Waals surface area contributed by atoms with Crippen LogP contribution in [0.25, 0.3) is 0 Å². The van der Waals surface area contributed by atoms with Crippen molar-refractivity contribution in [3.63, 3.8) is 0 Å². The van der Waals surface area contributed by atoms with E-state index in [9.17, 15) is 4.39 Å². The van der Waals surface area contributed by atoms with Crippen molar-refractivity contribution in [1.29, 1.82) is 0 Å². The first-order valence-electron chi connectivity index (χ1n) is 7.38. The summed E-state index contributed by atoms with van der Waals surface area (Å²) < 4.78 is 14.1. The average Bonchev–Trinajstić information content (AvgIpc) is 2.42. The smallest absolute Gasteiger partial charge is 0.146 e. The molecule has 0 amide bonds. The van der Waals surface area contributed by atoms with Crippen LogP contribution in [-0.4, -0.2) is 6.54 Å². The zero-order valence-corrected chi connectivity index (χ0v) is 12.8. The third-order valence-electron chi connectivity index (χ3n) is 3.34. The molecule has 1 N–H and O–H groups in total. The molecule has 0 aliphatic heterocycles. The van der Waals surface area contributed by atoms with Crippen molar-refractivity contribution in [3.05, 3.63) is 34.6 Å². The minimum Gasteiger partial charge on any atom is -0.310 e. The molecule has 0 bridgehead atoms. The predicted octanol–water partition coefficient (Wildman–Crippen LogP) is 5.49. The van der Waals surface area contributed by atoms with Crippen molar-refractivity contribution in [3.8, 4) is 0 Å². The Balaban J connectivity index is 2.69. The van der Waals surface area contributed by atoms with E-state index in [1.165, 1.54) is 19.3 Å². The Morgan fingerprint density at radius 2 is 1.95 bits per heavy atom. The Bertz CT molecular complexity index is 368. The molecule has 3 heteroatoms. The molecule has 0 heterocycles. The standard InChI is InChI=1S/C16H25ClFN/c1-3-5-6-7-11-15(19-12-4-2)13-9-8-10-14(17)16(13)18/h8-10,15,19H,3-7,11-12H2,1-2H3. The molecule has 1 aromatic carbocycles. The van der Waals surface area contributed by atoms with Gasteiger partial charge in [0.1, 0.15) is 5.82 Å². The van der Waals surface area contributed by atoms with E-state index in [4.69, 9.17) is 11.6 Å². The topological polar surface area (TPSA) is 12.0 Å². The number of rotatable bonds is 9. The van der Waals surface area contributed by atoms with Gasteiger partial charge in [0.05, 0.1) is 5.02 Å². The lowest BCUT2D eigenvalue weighted by atomic mass is 9.99. The highest BCUT2D eigenvalue weighted by atomic mass is 35.5. The molecule has 0 fully saturated rings. The highest BCUT2D eigenvalue weighted by molar-refractivity contribution is 6.30. The largest absolute Gasteiger partial charge is 0.310 e. The number of hydrogen-bond acceptors (Lipinski definition) is 1. The van der Waals surface area contributed by atoms with Gasteiger partial charge in [0.15, 0.2) is 0 Å². The lowest BCUT2D eigenvalue weighted by Gasteiger charge is -2.20. The molecule has 1 rings (SSSR count). The fraction of sp³-hybridized carbons (Fsp3) is 0.625. The van der Waals surface area contributed by atoms with E-state index in [2.05, 4.69) is 19.2 Å². The molecular formula is C16H25ClFN. The quantitative estimate of drug-likeness (QED) is 0.592. The fourth-order valence-corrected chi connectivity index (χ4v) is 2.43. The minimum absolute atomic E-state index is 0.0792. The van der Waals surface area contributed by atoms with E-state index in [1.54, 1.807) is 6.07 Å². The number of benzene rings is 1. The summed E-state index contributed by atoms with van der Waals surface area (Å²) >= 11 is 5.87. The van der Waals surface area contributed by atoms with Crippen LogP contribution in [0.4, 0.5) is 4.39 Å². The fourth-order valence-electron chi connectivity index (χ4n) is 2.25. The second kappa shape index (κ2) is 9.33. The minimum atomic E-state index is -0.270. The third-order valence-corrected chi connectivity index (χ3v) is 3.64. The van der Waals surface area contributed by atoms with Crippen LogP contribution in [0.1, 0.15) is 64.0 Å². The van der Waals surface area contributed by atoms with Gasteiger partial charge in [0.25, 0.3) is 0 Å². The molecular weight excluding hydrogens is 261 g/mol. The third kappa shape index (κ3) is 5.50. The summed E-state index contributed by atoms with van der Waals surface area (Å²) in [6.07, 6.45) is 6.83. The number of halogens is 2. The molecule has 108 valence electrons. The van der Waals surface area contributed by atoms with Gasteiger partial charge in [-0.25, -0.2) is 4.39 Å². The Labute approximate surface area is 121 Å². The summed E-state index contributed by atoms with van der Waals surface area (Å²) in [7, 11) is 0. The summed E-state index contributed by atoms with van der Waals surface area (Å²) in [6, 6.07) is 5.35. The summed E-state index contributed by atoms with van der Waals surface area (Å²) in [5.74, 6) is -0.270. The van der Waals surface area contributed by atoms with Gasteiger partial charge in [0.2, 0.25) is 0 Å². The van der Waals surface area contributed by atoms with E-state index in [-0.39, 0.29) is 16.9 Å². The van der Waals surface area contributed by atoms with Crippen LogP contribution in [0.15, 0.2) is 18.2 Å². The van der Waals surface area contributed by atoms with Crippen molar-refractivity contribution in [2.24, 2.45) is 0 Å². The van der Waals surface area contributed by atoms with E-state index in [0.29, 0.717) is 5.56 Å². The average molecular weight is 286 g/mol. The van der Waals surface area contributed by atoms with Gasteiger partial charge in [-0.2, -0.15) is 0 Å². The molecule has 1 nitrogen and oxygen atoms in total.